The second-order valence-corrected chi connectivity index (χ2v) is 10.7. The Labute approximate surface area is 210 Å². The Morgan fingerprint density at radius 2 is 1.64 bits per heavy atom. The van der Waals surface area contributed by atoms with E-state index in [9.17, 15) is 23.1 Å². The molecule has 0 aliphatic rings. The van der Waals surface area contributed by atoms with Crippen LogP contribution in [0.5, 0.6) is 0 Å². The van der Waals surface area contributed by atoms with E-state index in [1.165, 1.54) is 16.8 Å². The van der Waals surface area contributed by atoms with Crippen LogP contribution in [0.2, 0.25) is 0 Å². The van der Waals surface area contributed by atoms with Crippen LogP contribution in [0.3, 0.4) is 0 Å². The van der Waals surface area contributed by atoms with Crippen LogP contribution in [0.4, 0.5) is 13.2 Å². The van der Waals surface area contributed by atoms with E-state index in [-0.39, 0.29) is 5.43 Å². The quantitative estimate of drug-likeness (QED) is 0.437. The average molecular weight is 504 g/mol. The fraction of sp³-hybridized carbons (Fsp3) is 0.464. The van der Waals surface area contributed by atoms with Gasteiger partial charge in [-0.2, -0.15) is 13.2 Å². The van der Waals surface area contributed by atoms with E-state index >= 15 is 0 Å². The van der Waals surface area contributed by atoms with Crippen LogP contribution in [0.25, 0.3) is 10.9 Å². The molecule has 196 valence electrons. The van der Waals surface area contributed by atoms with Gasteiger partial charge in [-0.25, -0.2) is 0 Å². The molecule has 3 aromatic rings. The maximum absolute atomic E-state index is 14.4. The Kier molecular flexibility index (Phi) is 8.33. The number of aliphatic hydroxyl groups is 1. The summed E-state index contributed by atoms with van der Waals surface area (Å²) in [5.74, 6) is 0. The molecule has 0 amide bonds. The van der Waals surface area contributed by atoms with Gasteiger partial charge in [0.2, 0.25) is 0 Å². The van der Waals surface area contributed by atoms with Crippen molar-refractivity contribution in [2.75, 3.05) is 34.2 Å². The molecular formula is C28H36F3N3O2. The highest BCUT2D eigenvalue weighted by atomic mass is 19.4. The van der Waals surface area contributed by atoms with E-state index in [4.69, 9.17) is 0 Å². The third kappa shape index (κ3) is 6.55. The van der Waals surface area contributed by atoms with Crippen molar-refractivity contribution in [3.8, 4) is 0 Å². The lowest BCUT2D eigenvalue weighted by Crippen LogP contribution is -2.52. The second-order valence-electron chi connectivity index (χ2n) is 10.7. The predicted octanol–water partition coefficient (Wildman–Crippen LogP) is 4.66. The van der Waals surface area contributed by atoms with Crippen molar-refractivity contribution in [2.45, 2.75) is 50.6 Å². The smallest absolute Gasteiger partial charge is 0.379 e. The molecule has 5 nitrogen and oxygen atoms in total. The van der Waals surface area contributed by atoms with Crippen molar-refractivity contribution in [3.63, 3.8) is 0 Å². The molecule has 0 spiro atoms. The summed E-state index contributed by atoms with van der Waals surface area (Å²) in [4.78, 5) is 16.4. The Balaban J connectivity index is 1.90. The molecule has 0 saturated heterocycles. The standard InChI is InChI=1S/C28H36F3N3O2/c1-26(2,22-10-8-9-21(17-22)18-33(5)16-15-32(3)4)19-27(36,28(29,30)31)20-34-14-13-25(35)23-11-6-7-12-24(23)34/h6-14,17,36H,15-16,18-20H2,1-5H3. The molecule has 0 radical (unpaired) electrons. The van der Waals surface area contributed by atoms with Gasteiger partial charge >= 0.3 is 6.18 Å². The van der Waals surface area contributed by atoms with E-state index in [2.05, 4.69) is 9.80 Å². The van der Waals surface area contributed by atoms with Gasteiger partial charge in [-0.3, -0.25) is 4.79 Å². The first-order valence-electron chi connectivity index (χ1n) is 12.0. The lowest BCUT2D eigenvalue weighted by Gasteiger charge is -2.38. The molecule has 1 unspecified atom stereocenters. The largest absolute Gasteiger partial charge is 0.418 e. The van der Waals surface area contributed by atoms with Gasteiger partial charge in [0.25, 0.3) is 0 Å². The molecule has 0 bridgehead atoms. The number of pyridine rings is 1. The lowest BCUT2D eigenvalue weighted by atomic mass is 9.74. The molecule has 1 aromatic heterocycles. The average Bonchev–Trinajstić information content (AvgIpc) is 2.79. The Bertz CT molecular complexity index is 1240. The molecule has 0 saturated carbocycles. The van der Waals surface area contributed by atoms with Crippen LogP contribution in [-0.2, 0) is 18.5 Å². The summed E-state index contributed by atoms with van der Waals surface area (Å²) in [5, 5.41) is 11.4. The van der Waals surface area contributed by atoms with Gasteiger partial charge in [-0.1, -0.05) is 50.2 Å². The monoisotopic (exact) mass is 503 g/mol. The number of fused-ring (bicyclic) bond motifs is 1. The van der Waals surface area contributed by atoms with Gasteiger partial charge in [0.1, 0.15) is 0 Å². The molecule has 1 heterocycles. The molecule has 1 atom stereocenters. The van der Waals surface area contributed by atoms with Gasteiger partial charge in [0.05, 0.1) is 12.1 Å². The van der Waals surface area contributed by atoms with Crippen molar-refractivity contribution in [2.24, 2.45) is 0 Å². The van der Waals surface area contributed by atoms with Crippen LogP contribution in [0.15, 0.2) is 65.6 Å². The van der Waals surface area contributed by atoms with Gasteiger partial charge in [-0.05, 0) is 56.2 Å². The van der Waals surface area contributed by atoms with E-state index in [0.717, 1.165) is 24.2 Å². The molecule has 8 heteroatoms. The van der Waals surface area contributed by atoms with E-state index in [1.54, 1.807) is 38.1 Å². The van der Waals surface area contributed by atoms with Crippen LogP contribution >= 0.6 is 0 Å². The molecular weight excluding hydrogens is 467 g/mol. The number of rotatable bonds is 10. The lowest BCUT2D eigenvalue weighted by molar-refractivity contribution is -0.271. The molecule has 2 aromatic carbocycles. The predicted molar refractivity (Wildman–Crippen MR) is 138 cm³/mol. The number of halogens is 3. The van der Waals surface area contributed by atoms with Gasteiger partial charge in [-0.15, -0.1) is 0 Å². The SMILES string of the molecule is CN(C)CCN(C)Cc1cccc(C(C)(C)CC(O)(Cn2ccc(=O)c3ccccc32)C(F)(F)F)c1. The molecule has 36 heavy (non-hydrogen) atoms. The van der Waals surface area contributed by atoms with Crippen molar-refractivity contribution in [1.82, 2.24) is 14.4 Å². The van der Waals surface area contributed by atoms with E-state index < -0.39 is 30.2 Å². The highest BCUT2D eigenvalue weighted by Gasteiger charge is 2.56. The number of hydrogen-bond acceptors (Lipinski definition) is 4. The summed E-state index contributed by atoms with van der Waals surface area (Å²) in [6, 6.07) is 15.3. The first-order chi connectivity index (χ1) is 16.7. The summed E-state index contributed by atoms with van der Waals surface area (Å²) in [6.07, 6.45) is -4.10. The van der Waals surface area contributed by atoms with Crippen LogP contribution < -0.4 is 5.43 Å². The zero-order valence-corrected chi connectivity index (χ0v) is 21.6. The molecule has 0 fully saturated rings. The van der Waals surface area contributed by atoms with Crippen LogP contribution in [-0.4, -0.2) is 65.5 Å². The number of para-hydroxylation sites is 1. The number of benzene rings is 2. The minimum Gasteiger partial charge on any atom is -0.379 e. The summed E-state index contributed by atoms with van der Waals surface area (Å²) in [6.45, 7) is 5.17. The minimum absolute atomic E-state index is 0.273. The van der Waals surface area contributed by atoms with Gasteiger partial charge < -0.3 is 19.5 Å². The van der Waals surface area contributed by atoms with Crippen molar-refractivity contribution in [1.29, 1.82) is 0 Å². The number of hydrogen-bond donors (Lipinski definition) is 1. The third-order valence-electron chi connectivity index (χ3n) is 6.67. The highest BCUT2D eigenvalue weighted by molar-refractivity contribution is 5.78. The Morgan fingerprint density at radius 1 is 0.944 bits per heavy atom. The van der Waals surface area contributed by atoms with E-state index in [1.807, 2.05) is 45.4 Å². The number of alkyl halides is 3. The zero-order chi connectivity index (χ0) is 26.7. The molecule has 1 N–H and O–H groups in total. The van der Waals surface area contributed by atoms with Crippen molar-refractivity contribution in [3.05, 3.63) is 82.1 Å². The molecule has 0 aliphatic carbocycles. The summed E-state index contributed by atoms with van der Waals surface area (Å²) in [7, 11) is 6.03. The number of aromatic nitrogens is 1. The van der Waals surface area contributed by atoms with Crippen molar-refractivity contribution < 1.29 is 18.3 Å². The Hall–Kier alpha value is -2.68. The topological polar surface area (TPSA) is 48.7 Å². The highest BCUT2D eigenvalue weighted by Crippen LogP contribution is 2.42. The fourth-order valence-electron chi connectivity index (χ4n) is 4.61. The first kappa shape index (κ1) is 27.9. The first-order valence-corrected chi connectivity index (χ1v) is 12.0. The van der Waals surface area contributed by atoms with Crippen LogP contribution in [0.1, 0.15) is 31.4 Å². The summed E-state index contributed by atoms with van der Waals surface area (Å²) < 4.78 is 44.5. The van der Waals surface area contributed by atoms with Crippen LogP contribution in [0, 0.1) is 0 Å². The minimum atomic E-state index is -4.88. The fourth-order valence-corrected chi connectivity index (χ4v) is 4.61. The number of likely N-dealkylation sites (N-methyl/N-ethyl adjacent to an activating group) is 2. The maximum atomic E-state index is 14.4. The second kappa shape index (κ2) is 10.7. The molecule has 0 aliphatic heterocycles. The third-order valence-corrected chi connectivity index (χ3v) is 6.67. The maximum Gasteiger partial charge on any atom is 0.418 e. The van der Waals surface area contributed by atoms with Gasteiger partial charge in [0.15, 0.2) is 11.0 Å². The van der Waals surface area contributed by atoms with E-state index in [0.29, 0.717) is 17.4 Å². The van der Waals surface area contributed by atoms with Crippen molar-refractivity contribution >= 4 is 10.9 Å². The molecule has 3 rings (SSSR count). The normalized spacial score (nSPS) is 14.5. The number of nitrogens with zero attached hydrogens (tertiary/aromatic N) is 3. The van der Waals surface area contributed by atoms with Gasteiger partial charge in [0, 0.05) is 37.3 Å². The summed E-state index contributed by atoms with van der Waals surface area (Å²) >= 11 is 0. The summed E-state index contributed by atoms with van der Waals surface area (Å²) in [5.41, 5.74) is -2.17. The zero-order valence-electron chi connectivity index (χ0n) is 21.6. The Morgan fingerprint density at radius 3 is 2.31 bits per heavy atom.